The summed E-state index contributed by atoms with van der Waals surface area (Å²) in [4.78, 5) is 0. The number of rotatable bonds is 6. The predicted octanol–water partition coefficient (Wildman–Crippen LogP) is 3.36. The Hall–Kier alpha value is -1.61. The fraction of sp³-hybridized carbons (Fsp3) is 0.438. The van der Waals surface area contributed by atoms with Crippen LogP contribution in [0.5, 0.6) is 0 Å². The maximum absolute atomic E-state index is 4.32. The molecule has 0 radical (unpaired) electrons. The van der Waals surface area contributed by atoms with Crippen LogP contribution < -0.4 is 5.32 Å². The highest BCUT2D eigenvalue weighted by Crippen LogP contribution is 2.16. The topological polar surface area (TPSA) is 29.9 Å². The Morgan fingerprint density at radius 1 is 1.16 bits per heavy atom. The van der Waals surface area contributed by atoms with Crippen molar-refractivity contribution in [3.8, 4) is 0 Å². The van der Waals surface area contributed by atoms with Crippen LogP contribution >= 0.6 is 0 Å². The molecule has 1 N–H and O–H groups in total. The van der Waals surface area contributed by atoms with Crippen LogP contribution in [0.2, 0.25) is 0 Å². The lowest BCUT2D eigenvalue weighted by molar-refractivity contribution is 0.536. The molecular weight excluding hydrogens is 234 g/mol. The first-order chi connectivity index (χ1) is 9.20. The van der Waals surface area contributed by atoms with Gasteiger partial charge in [0.2, 0.25) is 0 Å². The molecule has 2 rings (SSSR count). The summed E-state index contributed by atoms with van der Waals surface area (Å²) in [5, 5.41) is 7.90. The Morgan fingerprint density at radius 2 is 1.89 bits per heavy atom. The van der Waals surface area contributed by atoms with Crippen LogP contribution in [0.15, 0.2) is 42.7 Å². The van der Waals surface area contributed by atoms with E-state index >= 15 is 0 Å². The first-order valence-corrected chi connectivity index (χ1v) is 7.01. The van der Waals surface area contributed by atoms with E-state index in [0.717, 1.165) is 13.1 Å². The van der Waals surface area contributed by atoms with Crippen molar-refractivity contribution in [1.29, 1.82) is 0 Å². The second-order valence-corrected chi connectivity index (χ2v) is 5.07. The van der Waals surface area contributed by atoms with E-state index in [2.05, 4.69) is 67.7 Å². The van der Waals surface area contributed by atoms with Crippen LogP contribution in [0.4, 0.5) is 0 Å². The Kier molecular flexibility index (Phi) is 4.74. The highest BCUT2D eigenvalue weighted by Gasteiger charge is 2.10. The smallest absolute Gasteiger partial charge is 0.0537 e. The van der Waals surface area contributed by atoms with Crippen molar-refractivity contribution in [3.05, 3.63) is 53.9 Å². The number of aromatic nitrogens is 2. The van der Waals surface area contributed by atoms with Gasteiger partial charge in [-0.2, -0.15) is 5.10 Å². The molecule has 1 heterocycles. The molecule has 102 valence electrons. The van der Waals surface area contributed by atoms with E-state index in [1.165, 1.54) is 11.1 Å². The molecule has 0 aliphatic rings. The van der Waals surface area contributed by atoms with E-state index in [4.69, 9.17) is 0 Å². The molecule has 0 aliphatic heterocycles. The van der Waals surface area contributed by atoms with E-state index in [0.29, 0.717) is 12.0 Å². The van der Waals surface area contributed by atoms with Crippen LogP contribution in [-0.4, -0.2) is 16.3 Å². The van der Waals surface area contributed by atoms with Crippen molar-refractivity contribution in [2.24, 2.45) is 0 Å². The van der Waals surface area contributed by atoms with E-state index in [9.17, 15) is 0 Å². The van der Waals surface area contributed by atoms with E-state index in [-0.39, 0.29) is 0 Å². The molecule has 2 atom stereocenters. The first kappa shape index (κ1) is 13.8. The molecule has 0 spiro atoms. The average molecular weight is 257 g/mol. The van der Waals surface area contributed by atoms with Gasteiger partial charge in [0, 0.05) is 30.9 Å². The number of hydrogen-bond acceptors (Lipinski definition) is 2. The molecule has 0 bridgehead atoms. The summed E-state index contributed by atoms with van der Waals surface area (Å²) in [6.45, 7) is 8.45. The Balaban J connectivity index is 1.88. The summed E-state index contributed by atoms with van der Waals surface area (Å²) in [6.07, 6.45) is 4.07. The highest BCUT2D eigenvalue weighted by atomic mass is 15.3. The number of hydrogen-bond donors (Lipinski definition) is 1. The zero-order valence-corrected chi connectivity index (χ0v) is 12.0. The second kappa shape index (κ2) is 6.53. The van der Waals surface area contributed by atoms with Crippen LogP contribution in [0, 0.1) is 0 Å². The summed E-state index contributed by atoms with van der Waals surface area (Å²) < 4.78 is 1.97. The summed E-state index contributed by atoms with van der Waals surface area (Å²) in [5.41, 5.74) is 2.63. The maximum Gasteiger partial charge on any atom is 0.0537 e. The third kappa shape index (κ3) is 3.67. The van der Waals surface area contributed by atoms with Gasteiger partial charge in [0.15, 0.2) is 0 Å². The molecule has 0 fully saturated rings. The molecule has 2 unspecified atom stereocenters. The summed E-state index contributed by atoms with van der Waals surface area (Å²) in [6, 6.07) is 11.0. The fourth-order valence-electron chi connectivity index (χ4n) is 2.15. The van der Waals surface area contributed by atoms with E-state index < -0.39 is 0 Å². The van der Waals surface area contributed by atoms with Crippen molar-refractivity contribution < 1.29 is 0 Å². The summed E-state index contributed by atoms with van der Waals surface area (Å²) in [5.74, 6) is 0.518. The molecule has 0 amide bonds. The van der Waals surface area contributed by atoms with Crippen molar-refractivity contribution in [2.45, 2.75) is 39.3 Å². The van der Waals surface area contributed by atoms with Crippen LogP contribution in [0.3, 0.4) is 0 Å². The van der Waals surface area contributed by atoms with Gasteiger partial charge in [0.1, 0.15) is 0 Å². The molecule has 0 saturated carbocycles. The van der Waals surface area contributed by atoms with Gasteiger partial charge in [0.25, 0.3) is 0 Å². The van der Waals surface area contributed by atoms with Crippen molar-refractivity contribution in [3.63, 3.8) is 0 Å². The van der Waals surface area contributed by atoms with Gasteiger partial charge in [0.05, 0.1) is 6.20 Å². The monoisotopic (exact) mass is 257 g/mol. The van der Waals surface area contributed by atoms with Gasteiger partial charge in [-0.3, -0.25) is 4.68 Å². The average Bonchev–Trinajstić information content (AvgIpc) is 2.94. The Bertz CT molecular complexity index is 490. The zero-order valence-electron chi connectivity index (χ0n) is 12.0. The first-order valence-electron chi connectivity index (χ1n) is 7.01. The Morgan fingerprint density at radius 3 is 2.53 bits per heavy atom. The summed E-state index contributed by atoms with van der Waals surface area (Å²) in [7, 11) is 0. The molecule has 0 aliphatic carbocycles. The van der Waals surface area contributed by atoms with Crippen LogP contribution in [0.1, 0.15) is 43.9 Å². The maximum atomic E-state index is 4.32. The number of aryl methyl sites for hydroxylation is 1. The van der Waals surface area contributed by atoms with E-state index in [1.54, 1.807) is 0 Å². The molecule has 0 saturated heterocycles. The highest BCUT2D eigenvalue weighted by molar-refractivity contribution is 5.19. The largest absolute Gasteiger partial charge is 0.309 e. The van der Waals surface area contributed by atoms with Crippen LogP contribution in [-0.2, 0) is 6.54 Å². The van der Waals surface area contributed by atoms with Gasteiger partial charge in [-0.25, -0.2) is 0 Å². The predicted molar refractivity (Wildman–Crippen MR) is 79.2 cm³/mol. The van der Waals surface area contributed by atoms with Crippen molar-refractivity contribution in [1.82, 2.24) is 15.1 Å². The molecule has 3 nitrogen and oxygen atoms in total. The third-order valence-corrected chi connectivity index (χ3v) is 3.58. The minimum atomic E-state index is 0.339. The van der Waals surface area contributed by atoms with Crippen molar-refractivity contribution in [2.75, 3.05) is 6.54 Å². The van der Waals surface area contributed by atoms with Crippen LogP contribution in [0.25, 0.3) is 0 Å². The standard InChI is InChI=1S/C16H23N3/c1-4-19-12-16(11-18-19)14(3)17-10-13(2)15-8-6-5-7-9-15/h5-9,11-14,17H,4,10H2,1-3H3. The third-order valence-electron chi connectivity index (χ3n) is 3.58. The number of benzene rings is 1. The zero-order chi connectivity index (χ0) is 13.7. The lowest BCUT2D eigenvalue weighted by Gasteiger charge is -2.17. The molecule has 3 heteroatoms. The molecule has 2 aromatic rings. The van der Waals surface area contributed by atoms with Gasteiger partial charge < -0.3 is 5.32 Å². The summed E-state index contributed by atoms with van der Waals surface area (Å²) >= 11 is 0. The lowest BCUT2D eigenvalue weighted by atomic mass is 10.0. The number of nitrogens with one attached hydrogen (secondary N) is 1. The Labute approximate surface area is 115 Å². The molecular formula is C16H23N3. The number of nitrogens with zero attached hydrogens (tertiary/aromatic N) is 2. The molecule has 1 aromatic heterocycles. The second-order valence-electron chi connectivity index (χ2n) is 5.07. The van der Waals surface area contributed by atoms with Gasteiger partial charge >= 0.3 is 0 Å². The SMILES string of the molecule is CCn1cc(C(C)NCC(C)c2ccccc2)cn1. The minimum Gasteiger partial charge on any atom is -0.309 e. The van der Waals surface area contributed by atoms with Gasteiger partial charge in [-0.1, -0.05) is 37.3 Å². The molecule has 1 aromatic carbocycles. The minimum absolute atomic E-state index is 0.339. The lowest BCUT2D eigenvalue weighted by Crippen LogP contribution is -2.23. The van der Waals surface area contributed by atoms with E-state index in [1.807, 2.05) is 10.9 Å². The fourth-order valence-corrected chi connectivity index (χ4v) is 2.15. The molecule has 19 heavy (non-hydrogen) atoms. The van der Waals surface area contributed by atoms with Gasteiger partial charge in [-0.05, 0) is 25.3 Å². The van der Waals surface area contributed by atoms with Gasteiger partial charge in [-0.15, -0.1) is 0 Å². The van der Waals surface area contributed by atoms with Crippen molar-refractivity contribution >= 4 is 0 Å². The quantitative estimate of drug-likeness (QED) is 0.860. The normalized spacial score (nSPS) is 14.3.